The molecule has 1 aromatic carbocycles. The molecule has 82 valence electrons. The highest BCUT2D eigenvalue weighted by atomic mass is 19.1. The van der Waals surface area contributed by atoms with Gasteiger partial charge in [0, 0.05) is 11.6 Å². The third-order valence-electron chi connectivity index (χ3n) is 3.14. The Kier molecular flexibility index (Phi) is 2.79. The maximum Gasteiger partial charge on any atom is 0.126 e. The van der Waals surface area contributed by atoms with Crippen molar-refractivity contribution < 1.29 is 4.39 Å². The van der Waals surface area contributed by atoms with E-state index in [4.69, 9.17) is 0 Å². The number of rotatable bonds is 2. The van der Waals surface area contributed by atoms with Gasteiger partial charge >= 0.3 is 0 Å². The molecule has 2 heteroatoms. The van der Waals surface area contributed by atoms with E-state index in [0.717, 1.165) is 18.4 Å². The topological polar surface area (TPSA) is 12.0 Å². The van der Waals surface area contributed by atoms with Crippen LogP contribution in [0.4, 0.5) is 4.39 Å². The third kappa shape index (κ3) is 2.57. The van der Waals surface area contributed by atoms with E-state index in [0.29, 0.717) is 6.04 Å². The minimum Gasteiger partial charge on any atom is -0.309 e. The second-order valence-electron chi connectivity index (χ2n) is 5.06. The summed E-state index contributed by atoms with van der Waals surface area (Å²) in [6.07, 6.45) is 3.11. The summed E-state index contributed by atoms with van der Waals surface area (Å²) < 4.78 is 13.4. The molecular weight excluding hydrogens is 189 g/mol. The zero-order chi connectivity index (χ0) is 10.9. The molecule has 1 aromatic rings. The quantitative estimate of drug-likeness (QED) is 0.786. The summed E-state index contributed by atoms with van der Waals surface area (Å²) in [5.74, 6) is -0.0796. The highest BCUT2D eigenvalue weighted by Crippen LogP contribution is 2.24. The Labute approximate surface area is 90.7 Å². The van der Waals surface area contributed by atoms with E-state index < -0.39 is 0 Å². The molecule has 1 saturated heterocycles. The van der Waals surface area contributed by atoms with Crippen LogP contribution >= 0.6 is 0 Å². The van der Waals surface area contributed by atoms with Crippen molar-refractivity contribution in [3.8, 4) is 0 Å². The molecule has 1 aliphatic heterocycles. The molecule has 0 bridgehead atoms. The molecule has 15 heavy (non-hydrogen) atoms. The number of halogens is 1. The molecular formula is C13H18FN. The zero-order valence-corrected chi connectivity index (χ0v) is 9.39. The average Bonchev–Trinajstić information content (AvgIpc) is 2.50. The first kappa shape index (κ1) is 10.6. The van der Waals surface area contributed by atoms with Gasteiger partial charge in [-0.3, -0.25) is 0 Å². The molecule has 0 amide bonds. The summed E-state index contributed by atoms with van der Waals surface area (Å²) in [5.41, 5.74) is 1.04. The van der Waals surface area contributed by atoms with Gasteiger partial charge in [-0.25, -0.2) is 4.39 Å². The molecule has 0 aliphatic carbocycles. The van der Waals surface area contributed by atoms with Crippen LogP contribution < -0.4 is 5.32 Å². The van der Waals surface area contributed by atoms with Gasteiger partial charge in [0.15, 0.2) is 0 Å². The first-order valence-corrected chi connectivity index (χ1v) is 5.58. The fraction of sp³-hybridized carbons (Fsp3) is 0.538. The molecule has 1 nitrogen and oxygen atoms in total. The summed E-state index contributed by atoms with van der Waals surface area (Å²) in [6.45, 7) is 4.41. The summed E-state index contributed by atoms with van der Waals surface area (Å²) >= 11 is 0. The standard InChI is InChI=1S/C13H18FN/c1-13(2)8-7-11(15-13)9-10-5-3-4-6-12(10)14/h3-6,11,15H,7-9H2,1-2H3/t11-/m1/s1. The van der Waals surface area contributed by atoms with Crippen molar-refractivity contribution in [2.45, 2.75) is 44.7 Å². The molecule has 1 N–H and O–H groups in total. The fourth-order valence-corrected chi connectivity index (χ4v) is 2.31. The maximum atomic E-state index is 13.4. The Morgan fingerprint density at radius 3 is 2.73 bits per heavy atom. The van der Waals surface area contributed by atoms with Crippen LogP contribution in [-0.2, 0) is 6.42 Å². The fourth-order valence-electron chi connectivity index (χ4n) is 2.31. The SMILES string of the molecule is CC1(C)CC[C@H](Cc2ccccc2F)N1. The van der Waals surface area contributed by atoms with E-state index in [1.165, 1.54) is 12.5 Å². The van der Waals surface area contributed by atoms with E-state index in [-0.39, 0.29) is 11.4 Å². The molecule has 0 unspecified atom stereocenters. The van der Waals surface area contributed by atoms with Crippen molar-refractivity contribution in [2.75, 3.05) is 0 Å². The smallest absolute Gasteiger partial charge is 0.126 e. The first-order chi connectivity index (χ1) is 7.07. The van der Waals surface area contributed by atoms with Crippen molar-refractivity contribution in [1.82, 2.24) is 5.32 Å². The average molecular weight is 207 g/mol. The molecule has 0 aromatic heterocycles. The summed E-state index contributed by atoms with van der Waals surface area (Å²) in [5, 5.41) is 3.54. The third-order valence-corrected chi connectivity index (χ3v) is 3.14. The first-order valence-electron chi connectivity index (χ1n) is 5.58. The van der Waals surface area contributed by atoms with Gasteiger partial charge in [0.2, 0.25) is 0 Å². The molecule has 1 fully saturated rings. The monoisotopic (exact) mass is 207 g/mol. The van der Waals surface area contributed by atoms with Crippen molar-refractivity contribution in [3.63, 3.8) is 0 Å². The van der Waals surface area contributed by atoms with Gasteiger partial charge in [-0.15, -0.1) is 0 Å². The molecule has 1 heterocycles. The Morgan fingerprint density at radius 1 is 1.40 bits per heavy atom. The van der Waals surface area contributed by atoms with Crippen LogP contribution in [0.15, 0.2) is 24.3 Å². The van der Waals surface area contributed by atoms with E-state index in [1.807, 2.05) is 12.1 Å². The predicted molar refractivity (Wildman–Crippen MR) is 60.3 cm³/mol. The largest absolute Gasteiger partial charge is 0.309 e. The van der Waals surface area contributed by atoms with Crippen LogP contribution in [0.25, 0.3) is 0 Å². The van der Waals surface area contributed by atoms with Gasteiger partial charge in [-0.05, 0) is 44.7 Å². The summed E-state index contributed by atoms with van der Waals surface area (Å²) in [7, 11) is 0. The minimum atomic E-state index is -0.0796. The van der Waals surface area contributed by atoms with E-state index >= 15 is 0 Å². The number of nitrogens with one attached hydrogen (secondary N) is 1. The van der Waals surface area contributed by atoms with Crippen molar-refractivity contribution in [3.05, 3.63) is 35.6 Å². The predicted octanol–water partition coefficient (Wildman–Crippen LogP) is 2.90. The van der Waals surface area contributed by atoms with Crippen molar-refractivity contribution in [1.29, 1.82) is 0 Å². The summed E-state index contributed by atoms with van der Waals surface area (Å²) in [4.78, 5) is 0. The lowest BCUT2D eigenvalue weighted by atomic mass is 10.0. The highest BCUT2D eigenvalue weighted by Gasteiger charge is 2.29. The second kappa shape index (κ2) is 3.93. The van der Waals surface area contributed by atoms with E-state index in [1.54, 1.807) is 6.07 Å². The number of hydrogen-bond acceptors (Lipinski definition) is 1. The molecule has 0 spiro atoms. The molecule has 0 radical (unpaired) electrons. The van der Waals surface area contributed by atoms with Crippen LogP contribution in [0, 0.1) is 5.82 Å². The highest BCUT2D eigenvalue weighted by molar-refractivity contribution is 5.19. The van der Waals surface area contributed by atoms with Gasteiger partial charge in [0.1, 0.15) is 5.82 Å². The lowest BCUT2D eigenvalue weighted by Crippen LogP contribution is -2.38. The van der Waals surface area contributed by atoms with Crippen molar-refractivity contribution >= 4 is 0 Å². The van der Waals surface area contributed by atoms with Gasteiger partial charge in [-0.2, -0.15) is 0 Å². The van der Waals surface area contributed by atoms with Gasteiger partial charge < -0.3 is 5.32 Å². The van der Waals surface area contributed by atoms with Crippen LogP contribution in [-0.4, -0.2) is 11.6 Å². The van der Waals surface area contributed by atoms with Crippen LogP contribution in [0.2, 0.25) is 0 Å². The Morgan fingerprint density at radius 2 is 2.13 bits per heavy atom. The lowest BCUT2D eigenvalue weighted by Gasteiger charge is -2.20. The van der Waals surface area contributed by atoms with Crippen LogP contribution in [0.1, 0.15) is 32.3 Å². The Balaban J connectivity index is 2.02. The Hall–Kier alpha value is -0.890. The lowest BCUT2D eigenvalue weighted by molar-refractivity contribution is 0.425. The molecule has 2 rings (SSSR count). The van der Waals surface area contributed by atoms with E-state index in [2.05, 4.69) is 19.2 Å². The van der Waals surface area contributed by atoms with Crippen LogP contribution in [0.5, 0.6) is 0 Å². The van der Waals surface area contributed by atoms with Crippen molar-refractivity contribution in [2.24, 2.45) is 0 Å². The van der Waals surface area contributed by atoms with Gasteiger partial charge in [0.25, 0.3) is 0 Å². The molecule has 1 atom stereocenters. The number of hydrogen-bond donors (Lipinski definition) is 1. The number of benzene rings is 1. The second-order valence-corrected chi connectivity index (χ2v) is 5.06. The van der Waals surface area contributed by atoms with E-state index in [9.17, 15) is 4.39 Å². The summed E-state index contributed by atoms with van der Waals surface area (Å²) in [6, 6.07) is 7.48. The zero-order valence-electron chi connectivity index (χ0n) is 9.39. The van der Waals surface area contributed by atoms with Gasteiger partial charge in [0.05, 0.1) is 0 Å². The molecule has 0 saturated carbocycles. The normalized spacial score (nSPS) is 24.3. The minimum absolute atomic E-state index is 0.0796. The Bertz CT molecular complexity index is 346. The van der Waals surface area contributed by atoms with Gasteiger partial charge in [-0.1, -0.05) is 18.2 Å². The van der Waals surface area contributed by atoms with Crippen LogP contribution in [0.3, 0.4) is 0 Å². The maximum absolute atomic E-state index is 13.4. The molecule has 1 aliphatic rings.